The molecule has 162 valence electrons. The Morgan fingerprint density at radius 2 is 1.84 bits per heavy atom. The molecule has 0 atom stereocenters. The third-order valence-corrected chi connectivity index (χ3v) is 5.54. The number of benzene rings is 2. The zero-order valence-electron chi connectivity index (χ0n) is 18.0. The van der Waals surface area contributed by atoms with Crippen molar-refractivity contribution < 1.29 is 9.53 Å². The maximum atomic E-state index is 13.4. The van der Waals surface area contributed by atoms with Gasteiger partial charge in [0.1, 0.15) is 11.6 Å². The highest BCUT2D eigenvalue weighted by atomic mass is 16.5. The number of rotatable bonds is 5. The lowest BCUT2D eigenvalue weighted by atomic mass is 10.2. The number of hydrogen-bond donors (Lipinski definition) is 1. The summed E-state index contributed by atoms with van der Waals surface area (Å²) < 4.78 is 5.41. The molecule has 1 N–H and O–H groups in total. The number of carbonyl (C=O) groups excluding carboxylic acids is 1. The molecule has 0 unspecified atom stereocenters. The molecule has 0 spiro atoms. The van der Waals surface area contributed by atoms with Gasteiger partial charge < -0.3 is 19.9 Å². The van der Waals surface area contributed by atoms with Crippen molar-refractivity contribution >= 4 is 23.1 Å². The Morgan fingerprint density at radius 3 is 2.62 bits per heavy atom. The Labute approximate surface area is 187 Å². The van der Waals surface area contributed by atoms with E-state index in [1.54, 1.807) is 25.4 Å². The summed E-state index contributed by atoms with van der Waals surface area (Å²) >= 11 is 0. The zero-order chi connectivity index (χ0) is 22.3. The molecule has 0 aliphatic carbocycles. The molecule has 7 heteroatoms. The van der Waals surface area contributed by atoms with Crippen molar-refractivity contribution in [2.75, 3.05) is 43.5 Å². The maximum Gasteiger partial charge on any atom is 0.257 e. The Morgan fingerprint density at radius 1 is 1.03 bits per heavy atom. The molecule has 3 aromatic rings. The standard InChI is InChI=1S/C25H25N5O2/c1-32-23-8-3-2-7-22(23)28-24-21(6-4-13-27-24)25(31)30-15-5-14-29(16-17-30)20-11-9-19(18-26)10-12-20/h2-4,6-13H,5,14-17H2,1H3,(H,27,28). The van der Waals surface area contributed by atoms with E-state index in [9.17, 15) is 4.79 Å². The van der Waals surface area contributed by atoms with Gasteiger partial charge in [0, 0.05) is 38.1 Å². The normalized spacial score (nSPS) is 13.8. The van der Waals surface area contributed by atoms with E-state index >= 15 is 0 Å². The van der Waals surface area contributed by atoms with Gasteiger partial charge in [0.2, 0.25) is 0 Å². The number of nitrogens with one attached hydrogen (secondary N) is 1. The Hall–Kier alpha value is -4.05. The Balaban J connectivity index is 1.49. The molecule has 1 aromatic heterocycles. The molecule has 2 aromatic carbocycles. The molecule has 2 heterocycles. The number of amides is 1. The predicted octanol–water partition coefficient (Wildman–Crippen LogP) is 4.06. The highest BCUT2D eigenvalue weighted by molar-refractivity contribution is 5.99. The molecule has 32 heavy (non-hydrogen) atoms. The first-order valence-electron chi connectivity index (χ1n) is 10.6. The summed E-state index contributed by atoms with van der Waals surface area (Å²) in [5.41, 5.74) is 3.00. The first-order valence-corrected chi connectivity index (χ1v) is 10.6. The minimum Gasteiger partial charge on any atom is -0.495 e. The number of aromatic nitrogens is 1. The van der Waals surface area contributed by atoms with Crippen LogP contribution in [0.2, 0.25) is 0 Å². The van der Waals surface area contributed by atoms with Gasteiger partial charge in [0.25, 0.3) is 5.91 Å². The number of hydrogen-bond acceptors (Lipinski definition) is 6. The lowest BCUT2D eigenvalue weighted by Gasteiger charge is -2.24. The molecule has 1 aliphatic rings. The second-order valence-corrected chi connectivity index (χ2v) is 7.52. The average Bonchev–Trinajstić information content (AvgIpc) is 3.11. The van der Waals surface area contributed by atoms with E-state index in [0.717, 1.165) is 30.9 Å². The quantitative estimate of drug-likeness (QED) is 0.661. The van der Waals surface area contributed by atoms with E-state index < -0.39 is 0 Å². The monoisotopic (exact) mass is 427 g/mol. The number of pyridine rings is 1. The summed E-state index contributed by atoms with van der Waals surface area (Å²) in [4.78, 5) is 22.0. The molecule has 1 saturated heterocycles. The molecule has 0 saturated carbocycles. The lowest BCUT2D eigenvalue weighted by molar-refractivity contribution is 0.0767. The number of ether oxygens (including phenoxy) is 1. The number of nitriles is 1. The Kier molecular flexibility index (Phi) is 6.52. The second kappa shape index (κ2) is 9.84. The third kappa shape index (κ3) is 4.65. The van der Waals surface area contributed by atoms with Crippen molar-refractivity contribution in [1.29, 1.82) is 5.26 Å². The molecule has 7 nitrogen and oxygen atoms in total. The first kappa shape index (κ1) is 21.2. The Bertz CT molecular complexity index is 1120. The molecule has 1 aliphatic heterocycles. The van der Waals surface area contributed by atoms with Crippen molar-refractivity contribution in [3.05, 3.63) is 78.0 Å². The smallest absolute Gasteiger partial charge is 0.257 e. The van der Waals surface area contributed by atoms with Crippen LogP contribution in [0, 0.1) is 11.3 Å². The van der Waals surface area contributed by atoms with Gasteiger partial charge >= 0.3 is 0 Å². The summed E-state index contributed by atoms with van der Waals surface area (Å²) in [6.07, 6.45) is 2.53. The van der Waals surface area contributed by atoms with Crippen LogP contribution >= 0.6 is 0 Å². The lowest BCUT2D eigenvalue weighted by Crippen LogP contribution is -2.35. The van der Waals surface area contributed by atoms with Crippen LogP contribution in [0.3, 0.4) is 0 Å². The van der Waals surface area contributed by atoms with Crippen LogP contribution in [0.4, 0.5) is 17.2 Å². The fourth-order valence-electron chi connectivity index (χ4n) is 3.85. The molecule has 0 bridgehead atoms. The molecular formula is C25H25N5O2. The van der Waals surface area contributed by atoms with Gasteiger partial charge in [0.05, 0.1) is 30.0 Å². The summed E-state index contributed by atoms with van der Waals surface area (Å²) in [5.74, 6) is 1.15. The van der Waals surface area contributed by atoms with Crippen LogP contribution in [0.5, 0.6) is 5.75 Å². The molecular weight excluding hydrogens is 402 g/mol. The van der Waals surface area contributed by atoms with Crippen LogP contribution < -0.4 is 15.0 Å². The van der Waals surface area contributed by atoms with E-state index in [2.05, 4.69) is 21.3 Å². The topological polar surface area (TPSA) is 81.5 Å². The van der Waals surface area contributed by atoms with Crippen molar-refractivity contribution in [1.82, 2.24) is 9.88 Å². The highest BCUT2D eigenvalue weighted by Gasteiger charge is 2.23. The average molecular weight is 428 g/mol. The van der Waals surface area contributed by atoms with Gasteiger partial charge in [-0.3, -0.25) is 4.79 Å². The summed E-state index contributed by atoms with van der Waals surface area (Å²) in [6, 6.07) is 20.9. The molecule has 1 amide bonds. The first-order chi connectivity index (χ1) is 15.7. The van der Waals surface area contributed by atoms with Gasteiger partial charge in [-0.05, 0) is 55.0 Å². The summed E-state index contributed by atoms with van der Waals surface area (Å²) in [7, 11) is 1.61. The van der Waals surface area contributed by atoms with Crippen molar-refractivity contribution in [3.63, 3.8) is 0 Å². The second-order valence-electron chi connectivity index (χ2n) is 7.52. The number of anilines is 3. The van der Waals surface area contributed by atoms with E-state index in [1.807, 2.05) is 53.4 Å². The van der Waals surface area contributed by atoms with Crippen molar-refractivity contribution in [2.24, 2.45) is 0 Å². The van der Waals surface area contributed by atoms with Crippen LogP contribution in [0.15, 0.2) is 66.9 Å². The summed E-state index contributed by atoms with van der Waals surface area (Å²) in [6.45, 7) is 2.87. The largest absolute Gasteiger partial charge is 0.495 e. The van der Waals surface area contributed by atoms with Crippen LogP contribution in [0.1, 0.15) is 22.3 Å². The van der Waals surface area contributed by atoms with E-state index in [-0.39, 0.29) is 5.91 Å². The highest BCUT2D eigenvalue weighted by Crippen LogP contribution is 2.28. The minimum atomic E-state index is -0.0443. The van der Waals surface area contributed by atoms with Gasteiger partial charge in [-0.25, -0.2) is 4.98 Å². The number of para-hydroxylation sites is 2. The predicted molar refractivity (Wildman–Crippen MR) is 124 cm³/mol. The van der Waals surface area contributed by atoms with E-state index in [4.69, 9.17) is 10.00 Å². The number of carbonyl (C=O) groups is 1. The number of nitrogens with zero attached hydrogens (tertiary/aromatic N) is 4. The zero-order valence-corrected chi connectivity index (χ0v) is 18.0. The van der Waals surface area contributed by atoms with Crippen LogP contribution in [-0.4, -0.2) is 49.1 Å². The maximum absolute atomic E-state index is 13.4. The van der Waals surface area contributed by atoms with Crippen molar-refractivity contribution in [2.45, 2.75) is 6.42 Å². The summed E-state index contributed by atoms with van der Waals surface area (Å²) in [5, 5.41) is 12.3. The van der Waals surface area contributed by atoms with Gasteiger partial charge in [-0.15, -0.1) is 0 Å². The van der Waals surface area contributed by atoms with Crippen LogP contribution in [-0.2, 0) is 0 Å². The van der Waals surface area contributed by atoms with Gasteiger partial charge in [0.15, 0.2) is 0 Å². The number of methoxy groups -OCH3 is 1. The molecule has 4 rings (SSSR count). The van der Waals surface area contributed by atoms with E-state index in [0.29, 0.717) is 35.8 Å². The minimum absolute atomic E-state index is 0.0443. The molecule has 1 fully saturated rings. The third-order valence-electron chi connectivity index (χ3n) is 5.54. The fraction of sp³-hybridized carbons (Fsp3) is 0.240. The van der Waals surface area contributed by atoms with E-state index in [1.165, 1.54) is 0 Å². The van der Waals surface area contributed by atoms with Gasteiger partial charge in [-0.2, -0.15) is 5.26 Å². The SMILES string of the molecule is COc1ccccc1Nc1ncccc1C(=O)N1CCCN(c2ccc(C#N)cc2)CC1. The van der Waals surface area contributed by atoms with Crippen molar-refractivity contribution in [3.8, 4) is 11.8 Å². The van der Waals surface area contributed by atoms with Gasteiger partial charge in [-0.1, -0.05) is 12.1 Å². The fourth-order valence-corrected chi connectivity index (χ4v) is 3.85. The van der Waals surface area contributed by atoms with Crippen LogP contribution in [0.25, 0.3) is 0 Å². The molecule has 0 radical (unpaired) electrons.